The number of sulfonamides is 1. The van der Waals surface area contributed by atoms with Crippen molar-refractivity contribution in [2.24, 2.45) is 0 Å². The molecule has 0 spiro atoms. The third-order valence-corrected chi connectivity index (χ3v) is 5.70. The van der Waals surface area contributed by atoms with Crippen molar-refractivity contribution >= 4 is 27.3 Å². The van der Waals surface area contributed by atoms with Crippen molar-refractivity contribution in [2.45, 2.75) is 31.0 Å². The Morgan fingerprint density at radius 2 is 1.69 bits per heavy atom. The van der Waals surface area contributed by atoms with Gasteiger partial charge in [0.15, 0.2) is 0 Å². The van der Waals surface area contributed by atoms with Gasteiger partial charge in [0.25, 0.3) is 10.0 Å². The third-order valence-electron chi connectivity index (χ3n) is 4.08. The van der Waals surface area contributed by atoms with Gasteiger partial charge in [0.2, 0.25) is 0 Å². The molecular weight excluding hydrogens is 412 g/mol. The van der Waals surface area contributed by atoms with Gasteiger partial charge in [-0.15, -0.1) is 0 Å². The molecule has 29 heavy (non-hydrogen) atoms. The highest BCUT2D eigenvalue weighted by Gasteiger charge is 2.20. The van der Waals surface area contributed by atoms with E-state index >= 15 is 0 Å². The Hall–Kier alpha value is -2.61. The van der Waals surface area contributed by atoms with E-state index in [-0.39, 0.29) is 16.7 Å². The van der Waals surface area contributed by atoms with Crippen molar-refractivity contribution in [3.63, 3.8) is 0 Å². The summed E-state index contributed by atoms with van der Waals surface area (Å²) in [5.41, 5.74) is 1.14. The SMILES string of the molecule is CC(C)Oc1ccc(S(=O)(=O)Nc2ccc(Cl)cc2C(O)c2ccncc2)cc1. The van der Waals surface area contributed by atoms with Crippen molar-refractivity contribution < 1.29 is 18.3 Å². The van der Waals surface area contributed by atoms with Crippen LogP contribution in [-0.2, 0) is 10.0 Å². The highest BCUT2D eigenvalue weighted by molar-refractivity contribution is 7.92. The fourth-order valence-electron chi connectivity index (χ4n) is 2.75. The van der Waals surface area contributed by atoms with E-state index in [1.807, 2.05) is 13.8 Å². The number of hydrogen-bond acceptors (Lipinski definition) is 5. The molecule has 1 unspecified atom stereocenters. The van der Waals surface area contributed by atoms with Crippen LogP contribution in [-0.4, -0.2) is 24.6 Å². The Kier molecular flexibility index (Phi) is 6.42. The predicted octanol–water partition coefficient (Wildman–Crippen LogP) is 4.40. The number of anilines is 1. The van der Waals surface area contributed by atoms with Crippen LogP contribution in [0.1, 0.15) is 31.1 Å². The first-order valence-electron chi connectivity index (χ1n) is 8.93. The number of pyridine rings is 1. The minimum atomic E-state index is -3.88. The largest absolute Gasteiger partial charge is 0.491 e. The van der Waals surface area contributed by atoms with E-state index in [9.17, 15) is 13.5 Å². The second-order valence-electron chi connectivity index (χ2n) is 6.66. The molecule has 1 atom stereocenters. The molecule has 0 aliphatic rings. The van der Waals surface area contributed by atoms with Crippen molar-refractivity contribution in [3.05, 3.63) is 83.1 Å². The van der Waals surface area contributed by atoms with Crippen molar-refractivity contribution in [1.29, 1.82) is 0 Å². The van der Waals surface area contributed by atoms with E-state index in [0.717, 1.165) is 0 Å². The first-order valence-corrected chi connectivity index (χ1v) is 10.8. The Labute approximate surface area is 175 Å². The lowest BCUT2D eigenvalue weighted by Crippen LogP contribution is -2.15. The Balaban J connectivity index is 1.91. The normalized spacial score (nSPS) is 12.6. The number of aliphatic hydroxyl groups is 1. The molecular formula is C21H21ClN2O4S. The van der Waals surface area contributed by atoms with Crippen LogP contribution >= 0.6 is 11.6 Å². The summed E-state index contributed by atoms with van der Waals surface area (Å²) in [4.78, 5) is 4.00. The van der Waals surface area contributed by atoms with Gasteiger partial charge in [-0.1, -0.05) is 11.6 Å². The summed E-state index contributed by atoms with van der Waals surface area (Å²) in [5, 5.41) is 11.1. The average molecular weight is 433 g/mol. The number of nitrogens with zero attached hydrogens (tertiary/aromatic N) is 1. The number of aliphatic hydroxyl groups excluding tert-OH is 1. The molecule has 0 fully saturated rings. The van der Waals surface area contributed by atoms with Gasteiger partial charge >= 0.3 is 0 Å². The van der Waals surface area contributed by atoms with Crippen molar-refractivity contribution in [2.75, 3.05) is 4.72 Å². The van der Waals surface area contributed by atoms with Crippen LogP contribution in [0.25, 0.3) is 0 Å². The zero-order valence-corrected chi connectivity index (χ0v) is 17.5. The van der Waals surface area contributed by atoms with Crippen LogP contribution in [0.15, 0.2) is 71.9 Å². The zero-order valence-electron chi connectivity index (χ0n) is 15.9. The maximum absolute atomic E-state index is 12.9. The molecule has 1 heterocycles. The number of benzene rings is 2. The molecule has 6 nitrogen and oxygen atoms in total. The monoisotopic (exact) mass is 432 g/mol. The van der Waals surface area contributed by atoms with Gasteiger partial charge in [-0.25, -0.2) is 8.42 Å². The summed E-state index contributed by atoms with van der Waals surface area (Å²) in [6.07, 6.45) is 2.01. The fraction of sp³-hybridized carbons (Fsp3) is 0.190. The molecule has 2 N–H and O–H groups in total. The molecule has 8 heteroatoms. The van der Waals surface area contributed by atoms with Crippen LogP contribution in [0.4, 0.5) is 5.69 Å². The molecule has 1 aromatic heterocycles. The maximum Gasteiger partial charge on any atom is 0.261 e. The molecule has 0 amide bonds. The Bertz CT molecular complexity index is 1070. The first kappa shape index (κ1) is 21.1. The summed E-state index contributed by atoms with van der Waals surface area (Å²) in [6.45, 7) is 3.78. The van der Waals surface area contributed by atoms with E-state index in [1.165, 1.54) is 24.3 Å². The number of halogens is 1. The average Bonchev–Trinajstić information content (AvgIpc) is 2.69. The number of aromatic nitrogens is 1. The van der Waals surface area contributed by atoms with Crippen LogP contribution in [0.5, 0.6) is 5.75 Å². The molecule has 2 aromatic carbocycles. The Morgan fingerprint density at radius 3 is 2.31 bits per heavy atom. The topological polar surface area (TPSA) is 88.5 Å². The Morgan fingerprint density at radius 1 is 1.03 bits per heavy atom. The molecule has 0 aliphatic heterocycles. The fourth-order valence-corrected chi connectivity index (χ4v) is 4.02. The second-order valence-corrected chi connectivity index (χ2v) is 8.78. The minimum Gasteiger partial charge on any atom is -0.491 e. The van der Waals surface area contributed by atoms with Crippen molar-refractivity contribution in [1.82, 2.24) is 4.98 Å². The number of rotatable bonds is 7. The summed E-state index contributed by atoms with van der Waals surface area (Å²) >= 11 is 6.08. The molecule has 0 radical (unpaired) electrons. The summed E-state index contributed by atoms with van der Waals surface area (Å²) in [5.74, 6) is 0.583. The minimum absolute atomic E-state index is 0.0121. The zero-order chi connectivity index (χ0) is 21.0. The highest BCUT2D eigenvalue weighted by Crippen LogP contribution is 2.32. The van der Waals surface area contributed by atoms with E-state index < -0.39 is 16.1 Å². The lowest BCUT2D eigenvalue weighted by molar-refractivity contribution is 0.221. The third kappa shape index (κ3) is 5.26. The van der Waals surface area contributed by atoms with E-state index in [4.69, 9.17) is 16.3 Å². The lowest BCUT2D eigenvalue weighted by atomic mass is 10.0. The van der Waals surface area contributed by atoms with Gasteiger partial charge in [0.1, 0.15) is 11.9 Å². The number of ether oxygens (including phenoxy) is 1. The lowest BCUT2D eigenvalue weighted by Gasteiger charge is -2.18. The van der Waals surface area contributed by atoms with E-state index in [0.29, 0.717) is 21.9 Å². The standard InChI is InChI=1S/C21H21ClN2O4S/c1-14(2)28-17-4-6-18(7-5-17)29(26,27)24-20-8-3-16(22)13-19(20)21(25)15-9-11-23-12-10-15/h3-14,21,24-25H,1-2H3. The molecule has 0 saturated heterocycles. The van der Waals surface area contributed by atoms with Gasteiger partial charge < -0.3 is 9.84 Å². The molecule has 0 saturated carbocycles. The van der Waals surface area contributed by atoms with Gasteiger partial charge in [0, 0.05) is 23.0 Å². The molecule has 3 rings (SSSR count). The molecule has 3 aromatic rings. The summed E-state index contributed by atoms with van der Waals surface area (Å²) < 4.78 is 33.8. The van der Waals surface area contributed by atoms with Gasteiger partial charge in [-0.3, -0.25) is 9.71 Å². The van der Waals surface area contributed by atoms with E-state index in [2.05, 4.69) is 9.71 Å². The van der Waals surface area contributed by atoms with Gasteiger partial charge in [0.05, 0.1) is 16.7 Å². The summed E-state index contributed by atoms with van der Waals surface area (Å²) in [6, 6.07) is 14.0. The van der Waals surface area contributed by atoms with Gasteiger partial charge in [-0.2, -0.15) is 0 Å². The summed E-state index contributed by atoms with van der Waals surface area (Å²) in [7, 11) is -3.88. The molecule has 0 aliphatic carbocycles. The van der Waals surface area contributed by atoms with Crippen LogP contribution in [0.2, 0.25) is 5.02 Å². The number of nitrogens with one attached hydrogen (secondary N) is 1. The van der Waals surface area contributed by atoms with Crippen LogP contribution in [0, 0.1) is 0 Å². The van der Waals surface area contributed by atoms with E-state index in [1.54, 1.807) is 42.7 Å². The molecule has 152 valence electrons. The van der Waals surface area contributed by atoms with Gasteiger partial charge in [-0.05, 0) is 74.0 Å². The molecule has 0 bridgehead atoms. The first-order chi connectivity index (χ1) is 13.8. The van der Waals surface area contributed by atoms with Crippen molar-refractivity contribution in [3.8, 4) is 5.75 Å². The quantitative estimate of drug-likeness (QED) is 0.577. The second kappa shape index (κ2) is 8.82. The maximum atomic E-state index is 12.9. The van der Waals surface area contributed by atoms with Crippen LogP contribution in [0.3, 0.4) is 0 Å². The smallest absolute Gasteiger partial charge is 0.261 e. The number of hydrogen-bond donors (Lipinski definition) is 2. The predicted molar refractivity (Wildman–Crippen MR) is 113 cm³/mol. The highest BCUT2D eigenvalue weighted by atomic mass is 35.5. The van der Waals surface area contributed by atoms with Crippen LogP contribution < -0.4 is 9.46 Å².